The van der Waals surface area contributed by atoms with Crippen LogP contribution in [0.4, 0.5) is 0 Å². The minimum Gasteiger partial charge on any atom is -0.340 e. The lowest BCUT2D eigenvalue weighted by atomic mass is 10.2. The number of hydrogen-bond donors (Lipinski definition) is 1. The summed E-state index contributed by atoms with van der Waals surface area (Å²) < 4.78 is 2.04. The summed E-state index contributed by atoms with van der Waals surface area (Å²) in [6.45, 7) is 6.09. The number of carbonyl (C=O) groups excluding carboxylic acids is 1. The average molecular weight is 302 g/mol. The first-order valence-electron chi connectivity index (χ1n) is 6.78. The molecule has 1 saturated heterocycles. The van der Waals surface area contributed by atoms with Crippen LogP contribution in [0.5, 0.6) is 0 Å². The van der Waals surface area contributed by atoms with E-state index in [0.29, 0.717) is 6.42 Å². The van der Waals surface area contributed by atoms with Gasteiger partial charge in [0.05, 0.1) is 6.54 Å². The topological polar surface area (TPSA) is 67.4 Å². The van der Waals surface area contributed by atoms with Gasteiger partial charge in [0.2, 0.25) is 5.91 Å². The molecular weight excluding hydrogens is 278 g/mol. The third kappa shape index (κ3) is 4.47. The van der Waals surface area contributed by atoms with E-state index in [1.807, 2.05) is 35.8 Å². The Kier molecular flexibility index (Phi) is 6.45. The van der Waals surface area contributed by atoms with Gasteiger partial charge in [0.1, 0.15) is 5.82 Å². The zero-order chi connectivity index (χ0) is 13.8. The third-order valence-corrected chi connectivity index (χ3v) is 3.51. The van der Waals surface area contributed by atoms with Crippen LogP contribution in [0, 0.1) is 0 Å². The molecule has 1 amide bonds. The van der Waals surface area contributed by atoms with Gasteiger partial charge in [-0.05, 0) is 6.92 Å². The second-order valence-electron chi connectivity index (χ2n) is 5.29. The minimum atomic E-state index is -0.0573. The van der Waals surface area contributed by atoms with E-state index >= 15 is 0 Å². The van der Waals surface area contributed by atoms with E-state index in [4.69, 9.17) is 5.73 Å². The number of aryl methyl sites for hydroxylation is 1. The van der Waals surface area contributed by atoms with Crippen LogP contribution in [-0.4, -0.2) is 57.5 Å². The van der Waals surface area contributed by atoms with Gasteiger partial charge < -0.3 is 15.2 Å². The molecule has 2 N–H and O–H groups in total. The summed E-state index contributed by atoms with van der Waals surface area (Å²) in [5, 5.41) is 0. The predicted molar refractivity (Wildman–Crippen MR) is 80.6 cm³/mol. The fourth-order valence-electron chi connectivity index (χ4n) is 2.31. The van der Waals surface area contributed by atoms with Crippen molar-refractivity contribution in [2.75, 3.05) is 26.2 Å². The summed E-state index contributed by atoms with van der Waals surface area (Å²) in [5.41, 5.74) is 5.67. The second-order valence-corrected chi connectivity index (χ2v) is 5.29. The van der Waals surface area contributed by atoms with Crippen molar-refractivity contribution in [3.63, 3.8) is 0 Å². The molecule has 114 valence electrons. The Morgan fingerprint density at radius 1 is 1.40 bits per heavy atom. The van der Waals surface area contributed by atoms with Crippen LogP contribution in [0.3, 0.4) is 0 Å². The van der Waals surface area contributed by atoms with Crippen molar-refractivity contribution in [2.45, 2.75) is 25.9 Å². The van der Waals surface area contributed by atoms with E-state index in [0.717, 1.165) is 38.5 Å². The number of halogens is 1. The smallest absolute Gasteiger partial charge is 0.224 e. The maximum absolute atomic E-state index is 11.9. The summed E-state index contributed by atoms with van der Waals surface area (Å²) in [6, 6.07) is -0.0573. The Labute approximate surface area is 126 Å². The molecule has 1 unspecified atom stereocenters. The van der Waals surface area contributed by atoms with E-state index in [-0.39, 0.29) is 24.4 Å². The van der Waals surface area contributed by atoms with E-state index in [1.165, 1.54) is 0 Å². The van der Waals surface area contributed by atoms with Crippen molar-refractivity contribution in [1.82, 2.24) is 19.4 Å². The molecule has 1 aliphatic rings. The Morgan fingerprint density at radius 2 is 2.05 bits per heavy atom. The fraction of sp³-hybridized carbons (Fsp3) is 0.692. The molecule has 2 rings (SSSR count). The number of rotatable bonds is 4. The molecule has 0 aliphatic carbocycles. The normalized spacial score (nSPS) is 17.6. The van der Waals surface area contributed by atoms with Crippen LogP contribution in [0.25, 0.3) is 0 Å². The van der Waals surface area contributed by atoms with Gasteiger partial charge in [0.25, 0.3) is 0 Å². The van der Waals surface area contributed by atoms with E-state index in [2.05, 4.69) is 9.88 Å². The molecule has 0 aromatic carbocycles. The summed E-state index contributed by atoms with van der Waals surface area (Å²) in [5.74, 6) is 1.24. The monoisotopic (exact) mass is 301 g/mol. The largest absolute Gasteiger partial charge is 0.340 e. The van der Waals surface area contributed by atoms with Crippen LogP contribution < -0.4 is 5.73 Å². The van der Waals surface area contributed by atoms with Gasteiger partial charge in [-0.2, -0.15) is 0 Å². The molecule has 1 aromatic heterocycles. The Balaban J connectivity index is 0.00000200. The molecule has 1 aliphatic heterocycles. The lowest BCUT2D eigenvalue weighted by molar-refractivity contribution is -0.133. The Hall–Kier alpha value is -1.11. The average Bonchev–Trinajstić information content (AvgIpc) is 2.75. The molecule has 0 bridgehead atoms. The molecular formula is C13H24ClN5O. The number of imidazole rings is 1. The van der Waals surface area contributed by atoms with Gasteiger partial charge in [-0.25, -0.2) is 4.98 Å². The highest BCUT2D eigenvalue weighted by atomic mass is 35.5. The molecule has 0 saturated carbocycles. The quantitative estimate of drug-likeness (QED) is 0.864. The highest BCUT2D eigenvalue weighted by Crippen LogP contribution is 2.08. The number of piperazine rings is 1. The molecule has 20 heavy (non-hydrogen) atoms. The maximum Gasteiger partial charge on any atom is 0.224 e. The van der Waals surface area contributed by atoms with E-state index in [1.54, 1.807) is 0 Å². The highest BCUT2D eigenvalue weighted by Gasteiger charge is 2.22. The number of hydrogen-bond acceptors (Lipinski definition) is 4. The SMILES string of the molecule is CC(N)CC(=O)N1CCN(Cc2nccn2C)CC1.Cl. The number of carbonyl (C=O) groups is 1. The predicted octanol–water partition coefficient (Wildman–Crippen LogP) is 0.223. The van der Waals surface area contributed by atoms with Crippen LogP contribution in [0.15, 0.2) is 12.4 Å². The lowest BCUT2D eigenvalue weighted by Crippen LogP contribution is -2.49. The third-order valence-electron chi connectivity index (χ3n) is 3.51. The van der Waals surface area contributed by atoms with Crippen molar-refractivity contribution in [3.8, 4) is 0 Å². The van der Waals surface area contributed by atoms with Crippen molar-refractivity contribution in [3.05, 3.63) is 18.2 Å². The number of nitrogens with two attached hydrogens (primary N) is 1. The zero-order valence-corrected chi connectivity index (χ0v) is 13.0. The van der Waals surface area contributed by atoms with E-state index < -0.39 is 0 Å². The molecule has 1 aromatic rings. The van der Waals surface area contributed by atoms with Gasteiger partial charge in [-0.15, -0.1) is 12.4 Å². The van der Waals surface area contributed by atoms with Crippen molar-refractivity contribution in [2.24, 2.45) is 12.8 Å². The fourth-order valence-corrected chi connectivity index (χ4v) is 2.31. The van der Waals surface area contributed by atoms with Crippen molar-refractivity contribution < 1.29 is 4.79 Å². The van der Waals surface area contributed by atoms with Crippen molar-refractivity contribution in [1.29, 1.82) is 0 Å². The van der Waals surface area contributed by atoms with Gasteiger partial charge in [0, 0.05) is 58.1 Å². The first kappa shape index (κ1) is 16.9. The van der Waals surface area contributed by atoms with Gasteiger partial charge in [-0.1, -0.05) is 0 Å². The molecule has 1 atom stereocenters. The molecule has 1 fully saturated rings. The molecule has 0 radical (unpaired) electrons. The second kappa shape index (κ2) is 7.61. The Bertz CT molecular complexity index is 426. The first-order chi connectivity index (χ1) is 9.06. The number of aromatic nitrogens is 2. The summed E-state index contributed by atoms with van der Waals surface area (Å²) in [4.78, 5) is 20.5. The highest BCUT2D eigenvalue weighted by molar-refractivity contribution is 5.85. The molecule has 0 spiro atoms. The van der Waals surface area contributed by atoms with Gasteiger partial charge in [-0.3, -0.25) is 9.69 Å². The maximum atomic E-state index is 11.9. The molecule has 6 nitrogen and oxygen atoms in total. The van der Waals surface area contributed by atoms with Crippen LogP contribution in [-0.2, 0) is 18.4 Å². The van der Waals surface area contributed by atoms with Gasteiger partial charge >= 0.3 is 0 Å². The summed E-state index contributed by atoms with van der Waals surface area (Å²) in [6.07, 6.45) is 4.22. The van der Waals surface area contributed by atoms with Crippen LogP contribution in [0.2, 0.25) is 0 Å². The zero-order valence-electron chi connectivity index (χ0n) is 12.2. The standard InChI is InChI=1S/C13H23N5O.ClH/c1-11(14)9-13(19)18-7-5-17(6-8-18)10-12-15-3-4-16(12)2;/h3-4,11H,5-10,14H2,1-2H3;1H. The first-order valence-corrected chi connectivity index (χ1v) is 6.78. The van der Waals surface area contributed by atoms with E-state index in [9.17, 15) is 4.79 Å². The molecule has 2 heterocycles. The summed E-state index contributed by atoms with van der Waals surface area (Å²) in [7, 11) is 2.00. The summed E-state index contributed by atoms with van der Waals surface area (Å²) >= 11 is 0. The number of nitrogens with zero attached hydrogens (tertiary/aromatic N) is 4. The van der Waals surface area contributed by atoms with Crippen LogP contribution in [0.1, 0.15) is 19.2 Å². The Morgan fingerprint density at radius 3 is 2.55 bits per heavy atom. The van der Waals surface area contributed by atoms with Crippen LogP contribution >= 0.6 is 12.4 Å². The molecule has 7 heteroatoms. The lowest BCUT2D eigenvalue weighted by Gasteiger charge is -2.34. The van der Waals surface area contributed by atoms with Gasteiger partial charge in [0.15, 0.2) is 0 Å². The van der Waals surface area contributed by atoms with Crippen molar-refractivity contribution >= 4 is 18.3 Å². The minimum absolute atomic E-state index is 0. The number of amides is 1.